The highest BCUT2D eigenvalue weighted by Gasteiger charge is 1.86. The second-order valence-corrected chi connectivity index (χ2v) is 3.62. The van der Waals surface area contributed by atoms with Crippen LogP contribution in [0.4, 0.5) is 0 Å². The molecule has 0 unspecified atom stereocenters. The molecule has 0 aromatic rings. The summed E-state index contributed by atoms with van der Waals surface area (Å²) in [5, 5.41) is 0. The molecule has 0 bridgehead atoms. The first-order valence-corrected chi connectivity index (χ1v) is 4.79. The summed E-state index contributed by atoms with van der Waals surface area (Å²) in [6.45, 7) is 7.59. The van der Waals surface area contributed by atoms with E-state index >= 15 is 0 Å². The van der Waals surface area contributed by atoms with Crippen molar-refractivity contribution in [3.63, 3.8) is 0 Å². The highest BCUT2D eigenvalue weighted by atomic mass is 32.8. The van der Waals surface area contributed by atoms with Gasteiger partial charge in [0.1, 0.15) is 0 Å². The third-order valence-electron chi connectivity index (χ3n) is 0.571. The van der Waals surface area contributed by atoms with E-state index in [1.807, 2.05) is 0 Å². The van der Waals surface area contributed by atoms with Gasteiger partial charge in [-0.3, -0.25) is 0 Å². The number of hydrogen-bond donors (Lipinski definition) is 0. The van der Waals surface area contributed by atoms with Crippen molar-refractivity contribution in [3.8, 4) is 0 Å². The molecule has 0 amide bonds. The zero-order valence-corrected chi connectivity index (χ0v) is 6.84. The van der Waals surface area contributed by atoms with Crippen molar-refractivity contribution in [2.75, 3.05) is 12.4 Å². The summed E-state index contributed by atoms with van der Waals surface area (Å²) in [7, 11) is -0.376. The van der Waals surface area contributed by atoms with Crippen molar-refractivity contribution in [3.05, 3.63) is 25.3 Å². The van der Waals surface area contributed by atoms with E-state index in [1.54, 1.807) is 12.2 Å². The summed E-state index contributed by atoms with van der Waals surface area (Å²) in [5.41, 5.74) is 0. The van der Waals surface area contributed by atoms with Gasteiger partial charge >= 0.3 is 0 Å². The summed E-state index contributed by atoms with van der Waals surface area (Å²) >= 11 is 4.89. The van der Waals surface area contributed by atoms with Crippen LogP contribution in [-0.4, -0.2) is 12.4 Å². The fraction of sp³-hybridized carbons (Fsp3) is 0.333. The predicted molar refractivity (Wildman–Crippen MR) is 45.9 cm³/mol. The molecule has 52 valence electrons. The van der Waals surface area contributed by atoms with Crippen LogP contribution in [0.15, 0.2) is 25.3 Å². The Labute approximate surface area is 63.2 Å². The van der Waals surface area contributed by atoms with Gasteiger partial charge in [-0.15, -0.1) is 13.2 Å². The van der Waals surface area contributed by atoms with Gasteiger partial charge in [0.25, 0.3) is 0 Å². The maximum absolute atomic E-state index is 5.08. The Bertz CT molecular complexity index is 120. The molecule has 0 aromatic heterocycles. The van der Waals surface area contributed by atoms with Gasteiger partial charge < -0.3 is 4.18 Å². The van der Waals surface area contributed by atoms with Crippen LogP contribution in [0.3, 0.4) is 0 Å². The monoisotopic (exact) mass is 162 g/mol. The first-order chi connectivity index (χ1) is 4.31. The fourth-order valence-electron chi connectivity index (χ4n) is 0.268. The zero-order chi connectivity index (χ0) is 7.11. The lowest BCUT2D eigenvalue weighted by Gasteiger charge is -1.98. The van der Waals surface area contributed by atoms with E-state index in [0.717, 1.165) is 5.75 Å². The molecule has 1 nitrogen and oxygen atoms in total. The lowest BCUT2D eigenvalue weighted by atomic mass is 10.7. The minimum atomic E-state index is -0.376. The Morgan fingerprint density at radius 2 is 2.11 bits per heavy atom. The van der Waals surface area contributed by atoms with Gasteiger partial charge in [0.05, 0.1) is 6.61 Å². The molecule has 0 aliphatic rings. The molecule has 3 heteroatoms. The van der Waals surface area contributed by atoms with Gasteiger partial charge in [-0.25, -0.2) is 0 Å². The average Bonchev–Trinajstić information content (AvgIpc) is 1.85. The molecule has 0 N–H and O–H groups in total. The third-order valence-corrected chi connectivity index (χ3v) is 2.18. The van der Waals surface area contributed by atoms with Crippen molar-refractivity contribution in [1.82, 2.24) is 0 Å². The van der Waals surface area contributed by atoms with Crippen molar-refractivity contribution >= 4 is 20.9 Å². The van der Waals surface area contributed by atoms with Gasteiger partial charge in [-0.1, -0.05) is 12.2 Å². The Morgan fingerprint density at radius 3 is 2.56 bits per heavy atom. The Hall–Kier alpha value is 0.0100. The summed E-state index contributed by atoms with van der Waals surface area (Å²) in [6.07, 6.45) is 3.45. The second-order valence-electron chi connectivity index (χ2n) is 1.33. The van der Waals surface area contributed by atoms with Crippen molar-refractivity contribution in [1.29, 1.82) is 0 Å². The molecule has 0 aliphatic carbocycles. The van der Waals surface area contributed by atoms with Crippen LogP contribution in [0.25, 0.3) is 0 Å². The largest absolute Gasteiger partial charge is 0.308 e. The van der Waals surface area contributed by atoms with Gasteiger partial charge in [0, 0.05) is 15.5 Å². The maximum atomic E-state index is 5.08. The van der Waals surface area contributed by atoms with E-state index in [0.29, 0.717) is 6.61 Å². The Morgan fingerprint density at radius 1 is 1.44 bits per heavy atom. The molecule has 0 aliphatic heterocycles. The molecular weight excluding hydrogens is 152 g/mol. The van der Waals surface area contributed by atoms with Crippen LogP contribution in [0.1, 0.15) is 0 Å². The molecule has 0 heterocycles. The molecule has 0 saturated heterocycles. The van der Waals surface area contributed by atoms with Crippen LogP contribution < -0.4 is 0 Å². The van der Waals surface area contributed by atoms with Gasteiger partial charge in [-0.05, 0) is 11.2 Å². The maximum Gasteiger partial charge on any atom is 0.0796 e. The van der Waals surface area contributed by atoms with Gasteiger partial charge in [-0.2, -0.15) is 0 Å². The molecule has 0 rings (SSSR count). The van der Waals surface area contributed by atoms with Gasteiger partial charge in [0.15, 0.2) is 0 Å². The lowest BCUT2D eigenvalue weighted by Crippen LogP contribution is -1.97. The lowest BCUT2D eigenvalue weighted by molar-refractivity contribution is 0.425. The topological polar surface area (TPSA) is 9.23 Å². The molecule has 0 radical (unpaired) electrons. The van der Waals surface area contributed by atoms with E-state index in [9.17, 15) is 0 Å². The Kier molecular flexibility index (Phi) is 6.14. The molecular formula is C6H10OS2. The predicted octanol–water partition coefficient (Wildman–Crippen LogP) is 1.37. The third kappa shape index (κ3) is 5.89. The van der Waals surface area contributed by atoms with E-state index in [2.05, 4.69) is 13.2 Å². The van der Waals surface area contributed by atoms with E-state index in [4.69, 9.17) is 15.4 Å². The standard InChI is InChI=1S/C6H10OS2/c1-3-5-7-9(8)6-4-2/h3-4H,1-2,5-6H2/t9-/m0/s1. The first-order valence-electron chi connectivity index (χ1n) is 2.54. The average molecular weight is 162 g/mol. The highest BCUT2D eigenvalue weighted by molar-refractivity contribution is 8.26. The van der Waals surface area contributed by atoms with Crippen LogP contribution >= 0.6 is 0 Å². The number of rotatable bonds is 5. The summed E-state index contributed by atoms with van der Waals surface area (Å²) in [5.74, 6) is 0.753. The first kappa shape index (κ1) is 9.01. The zero-order valence-electron chi connectivity index (χ0n) is 5.21. The molecule has 0 saturated carbocycles. The van der Waals surface area contributed by atoms with Crippen LogP contribution in [-0.2, 0) is 25.1 Å². The summed E-state index contributed by atoms with van der Waals surface area (Å²) in [6, 6.07) is 0. The highest BCUT2D eigenvalue weighted by Crippen LogP contribution is 1.86. The molecule has 1 atom stereocenters. The van der Waals surface area contributed by atoms with Gasteiger partial charge in [0.2, 0.25) is 0 Å². The van der Waals surface area contributed by atoms with Crippen LogP contribution in [0.5, 0.6) is 0 Å². The Balaban J connectivity index is 3.26. The fourth-order valence-corrected chi connectivity index (χ4v) is 1.26. The molecule has 0 fully saturated rings. The van der Waals surface area contributed by atoms with E-state index < -0.39 is 0 Å². The quantitative estimate of drug-likeness (QED) is 0.565. The van der Waals surface area contributed by atoms with E-state index in [1.165, 1.54) is 0 Å². The van der Waals surface area contributed by atoms with E-state index in [-0.39, 0.29) is 9.74 Å². The summed E-state index contributed by atoms with van der Waals surface area (Å²) < 4.78 is 5.08. The summed E-state index contributed by atoms with van der Waals surface area (Å²) in [4.78, 5) is 0. The van der Waals surface area contributed by atoms with Crippen LogP contribution in [0.2, 0.25) is 0 Å². The van der Waals surface area contributed by atoms with Crippen molar-refractivity contribution in [2.24, 2.45) is 0 Å². The van der Waals surface area contributed by atoms with Crippen molar-refractivity contribution in [2.45, 2.75) is 0 Å². The minimum Gasteiger partial charge on any atom is -0.308 e. The smallest absolute Gasteiger partial charge is 0.0796 e. The normalized spacial score (nSPS) is 12.4. The minimum absolute atomic E-state index is 0.376. The SMILES string of the molecule is C=CCO[S@@](=S)CC=C. The molecule has 0 spiro atoms. The van der Waals surface area contributed by atoms with Crippen LogP contribution in [0, 0.1) is 0 Å². The number of hydrogen-bond acceptors (Lipinski definition) is 2. The second kappa shape index (κ2) is 6.13. The molecule has 0 aromatic carbocycles. The van der Waals surface area contributed by atoms with Crippen molar-refractivity contribution < 1.29 is 4.18 Å². The molecule has 9 heavy (non-hydrogen) atoms.